The van der Waals surface area contributed by atoms with Crippen LogP contribution in [0.25, 0.3) is 0 Å². The van der Waals surface area contributed by atoms with Gasteiger partial charge in [-0.25, -0.2) is 0 Å². The monoisotopic (exact) mass is 290 g/mol. The van der Waals surface area contributed by atoms with E-state index in [4.69, 9.17) is 4.74 Å². The van der Waals surface area contributed by atoms with E-state index in [1.165, 1.54) is 5.56 Å². The van der Waals surface area contributed by atoms with E-state index in [1.54, 1.807) is 0 Å². The van der Waals surface area contributed by atoms with Crippen LogP contribution in [-0.4, -0.2) is 17.8 Å². The molecular weight excluding hydrogens is 260 g/mol. The number of benzene rings is 1. The lowest BCUT2D eigenvalue weighted by atomic mass is 9.78. The molecule has 118 valence electrons. The number of unbranched alkanes of at least 4 members (excludes halogenated alkanes) is 1. The fraction of sp³-hybridized carbons (Fsp3) is 0.579. The highest BCUT2D eigenvalue weighted by Gasteiger charge is 2.28. The Kier molecular flexibility index (Phi) is 8.33. The van der Waals surface area contributed by atoms with Gasteiger partial charge in [-0.2, -0.15) is 0 Å². The minimum absolute atomic E-state index is 0.171. The second-order valence-corrected chi connectivity index (χ2v) is 6.01. The van der Waals surface area contributed by atoms with Crippen molar-refractivity contribution in [2.75, 3.05) is 6.61 Å². The smallest absolute Gasteiger partial charge is 0.0716 e. The highest BCUT2D eigenvalue weighted by molar-refractivity contribution is 5.13. The fourth-order valence-electron chi connectivity index (χ4n) is 2.44. The molecule has 2 heteroatoms. The molecule has 1 aromatic rings. The van der Waals surface area contributed by atoms with Crippen molar-refractivity contribution in [2.24, 2.45) is 5.41 Å². The van der Waals surface area contributed by atoms with Crippen LogP contribution in [0.2, 0.25) is 0 Å². The van der Waals surface area contributed by atoms with E-state index in [-0.39, 0.29) is 11.5 Å². The molecule has 0 saturated heterocycles. The van der Waals surface area contributed by atoms with Gasteiger partial charge >= 0.3 is 0 Å². The Hall–Kier alpha value is -1.12. The van der Waals surface area contributed by atoms with E-state index in [1.807, 2.05) is 24.3 Å². The Morgan fingerprint density at radius 1 is 1.29 bits per heavy atom. The third-order valence-corrected chi connectivity index (χ3v) is 4.17. The van der Waals surface area contributed by atoms with Crippen LogP contribution >= 0.6 is 0 Å². The third-order valence-electron chi connectivity index (χ3n) is 4.17. The number of ether oxygens (including phenoxy) is 1. The quantitative estimate of drug-likeness (QED) is 0.472. The average Bonchev–Trinajstić information content (AvgIpc) is 2.53. The summed E-state index contributed by atoms with van der Waals surface area (Å²) in [6.45, 7) is 9.51. The van der Waals surface area contributed by atoms with Crippen LogP contribution in [0.4, 0.5) is 0 Å². The van der Waals surface area contributed by atoms with Crippen LogP contribution in [0.1, 0.15) is 51.5 Å². The standard InChI is InChI=1S/C19H30O2/c1-4-6-14-19(3,5-2)18(20)13-10-15-21-16-17-11-8-7-9-12-17/h5,7-9,11-12,18,20H,2,4,6,10,13-16H2,1,3H3/t18-,19-/m0/s1. The fourth-order valence-corrected chi connectivity index (χ4v) is 2.44. The van der Waals surface area contributed by atoms with Gasteiger partial charge in [0, 0.05) is 12.0 Å². The lowest BCUT2D eigenvalue weighted by Gasteiger charge is -2.31. The largest absolute Gasteiger partial charge is 0.392 e. The van der Waals surface area contributed by atoms with Crippen LogP contribution in [0.5, 0.6) is 0 Å². The van der Waals surface area contributed by atoms with Crippen LogP contribution in [0, 0.1) is 5.41 Å². The van der Waals surface area contributed by atoms with E-state index >= 15 is 0 Å². The summed E-state index contributed by atoms with van der Waals surface area (Å²) in [6.07, 6.45) is 6.50. The summed E-state index contributed by atoms with van der Waals surface area (Å²) in [5.41, 5.74) is 1.02. The van der Waals surface area contributed by atoms with Crippen molar-refractivity contribution >= 4 is 0 Å². The average molecular weight is 290 g/mol. The molecule has 0 heterocycles. The molecular formula is C19H30O2. The maximum Gasteiger partial charge on any atom is 0.0716 e. The summed E-state index contributed by atoms with van der Waals surface area (Å²) in [5, 5.41) is 10.4. The zero-order valence-corrected chi connectivity index (χ0v) is 13.6. The van der Waals surface area contributed by atoms with Gasteiger partial charge in [0.15, 0.2) is 0 Å². The molecule has 1 N–H and O–H groups in total. The Bertz CT molecular complexity index is 388. The van der Waals surface area contributed by atoms with Crippen LogP contribution in [-0.2, 0) is 11.3 Å². The Morgan fingerprint density at radius 2 is 2.00 bits per heavy atom. The highest BCUT2D eigenvalue weighted by Crippen LogP contribution is 2.32. The second kappa shape index (κ2) is 9.75. The Morgan fingerprint density at radius 3 is 2.62 bits per heavy atom. The van der Waals surface area contributed by atoms with Crippen molar-refractivity contribution in [3.63, 3.8) is 0 Å². The summed E-state index contributed by atoms with van der Waals surface area (Å²) in [5.74, 6) is 0. The maximum atomic E-state index is 10.4. The van der Waals surface area contributed by atoms with Gasteiger partial charge in [0.1, 0.15) is 0 Å². The van der Waals surface area contributed by atoms with Gasteiger partial charge < -0.3 is 9.84 Å². The molecule has 0 aromatic heterocycles. The van der Waals surface area contributed by atoms with Crippen LogP contribution in [0.15, 0.2) is 43.0 Å². The number of hydrogen-bond acceptors (Lipinski definition) is 2. The summed E-state index contributed by atoms with van der Waals surface area (Å²) in [4.78, 5) is 0. The zero-order chi connectivity index (χ0) is 15.6. The number of aliphatic hydroxyl groups excluding tert-OH is 1. The first-order chi connectivity index (χ1) is 10.1. The summed E-state index contributed by atoms with van der Waals surface area (Å²) >= 11 is 0. The third kappa shape index (κ3) is 6.45. The summed E-state index contributed by atoms with van der Waals surface area (Å²) < 4.78 is 5.66. The van der Waals surface area contributed by atoms with Gasteiger partial charge in [0.2, 0.25) is 0 Å². The van der Waals surface area contributed by atoms with Crippen molar-refractivity contribution in [3.05, 3.63) is 48.6 Å². The molecule has 1 rings (SSSR count). The van der Waals surface area contributed by atoms with E-state index in [2.05, 4.69) is 32.6 Å². The Balaban J connectivity index is 2.23. The van der Waals surface area contributed by atoms with E-state index in [0.29, 0.717) is 13.2 Å². The van der Waals surface area contributed by atoms with Crippen molar-refractivity contribution in [1.82, 2.24) is 0 Å². The SMILES string of the molecule is C=C[C@@](C)(CCCC)[C@@H](O)CCCOCc1ccccc1. The summed E-state index contributed by atoms with van der Waals surface area (Å²) in [6, 6.07) is 10.2. The molecule has 0 radical (unpaired) electrons. The predicted molar refractivity (Wildman–Crippen MR) is 89.2 cm³/mol. The molecule has 0 aliphatic heterocycles. The van der Waals surface area contributed by atoms with E-state index < -0.39 is 0 Å². The van der Waals surface area contributed by atoms with Crippen LogP contribution < -0.4 is 0 Å². The zero-order valence-electron chi connectivity index (χ0n) is 13.6. The molecule has 0 aliphatic carbocycles. The van der Waals surface area contributed by atoms with Gasteiger partial charge in [-0.3, -0.25) is 0 Å². The lowest BCUT2D eigenvalue weighted by Crippen LogP contribution is -2.30. The van der Waals surface area contributed by atoms with Crippen molar-refractivity contribution in [3.8, 4) is 0 Å². The first kappa shape index (κ1) is 17.9. The number of rotatable bonds is 11. The molecule has 0 fully saturated rings. The summed E-state index contributed by atoms with van der Waals surface area (Å²) in [7, 11) is 0. The first-order valence-corrected chi connectivity index (χ1v) is 8.05. The topological polar surface area (TPSA) is 29.5 Å². The maximum absolute atomic E-state index is 10.4. The molecule has 0 bridgehead atoms. The van der Waals surface area contributed by atoms with Crippen LogP contribution in [0.3, 0.4) is 0 Å². The molecule has 21 heavy (non-hydrogen) atoms. The number of aliphatic hydroxyl groups is 1. The predicted octanol–water partition coefficient (Wildman–Crippen LogP) is 4.73. The van der Waals surface area contributed by atoms with E-state index in [0.717, 1.165) is 32.1 Å². The minimum atomic E-state index is -0.332. The second-order valence-electron chi connectivity index (χ2n) is 6.01. The molecule has 0 aliphatic rings. The highest BCUT2D eigenvalue weighted by atomic mass is 16.5. The molecule has 0 unspecified atom stereocenters. The molecule has 1 aromatic carbocycles. The Labute approximate surface area is 129 Å². The van der Waals surface area contributed by atoms with Gasteiger partial charge in [-0.1, -0.05) is 63.1 Å². The van der Waals surface area contributed by atoms with Gasteiger partial charge in [-0.05, 0) is 24.8 Å². The minimum Gasteiger partial charge on any atom is -0.392 e. The molecule has 0 spiro atoms. The molecule has 0 amide bonds. The van der Waals surface area contributed by atoms with Gasteiger partial charge in [0.25, 0.3) is 0 Å². The normalized spacial score (nSPS) is 15.4. The van der Waals surface area contributed by atoms with Gasteiger partial charge in [0.05, 0.1) is 12.7 Å². The molecule has 0 saturated carbocycles. The van der Waals surface area contributed by atoms with Crippen molar-refractivity contribution in [1.29, 1.82) is 0 Å². The van der Waals surface area contributed by atoms with Crippen molar-refractivity contribution < 1.29 is 9.84 Å². The van der Waals surface area contributed by atoms with Gasteiger partial charge in [-0.15, -0.1) is 6.58 Å². The molecule has 2 nitrogen and oxygen atoms in total. The lowest BCUT2D eigenvalue weighted by molar-refractivity contribution is 0.0404. The molecule has 2 atom stereocenters. The van der Waals surface area contributed by atoms with Crippen molar-refractivity contribution in [2.45, 2.75) is 58.7 Å². The first-order valence-electron chi connectivity index (χ1n) is 8.05. The van der Waals surface area contributed by atoms with E-state index in [9.17, 15) is 5.11 Å². The number of hydrogen-bond donors (Lipinski definition) is 1.